The third-order valence-electron chi connectivity index (χ3n) is 4.10. The molecule has 1 saturated carbocycles. The summed E-state index contributed by atoms with van der Waals surface area (Å²) in [7, 11) is -3.49. The number of nitrogens with zero attached hydrogens (tertiary/aromatic N) is 2. The molecule has 1 aliphatic carbocycles. The normalized spacial score (nSPS) is 20.4. The maximum absolute atomic E-state index is 12.7. The van der Waals surface area contributed by atoms with Crippen molar-refractivity contribution in [3.05, 3.63) is 28.7 Å². The lowest BCUT2D eigenvalue weighted by molar-refractivity contribution is -0.122. The quantitative estimate of drug-likeness (QED) is 0.799. The predicted molar refractivity (Wildman–Crippen MR) is 90.5 cm³/mol. The van der Waals surface area contributed by atoms with Gasteiger partial charge in [-0.25, -0.2) is 8.42 Å². The lowest BCUT2D eigenvalue weighted by atomic mass is 10.3. The van der Waals surface area contributed by atoms with Crippen molar-refractivity contribution in [2.24, 2.45) is 0 Å². The highest BCUT2D eigenvalue weighted by atomic mass is 79.9. The maximum Gasteiger partial charge on any atom is 0.244 e. The van der Waals surface area contributed by atoms with E-state index in [-0.39, 0.29) is 5.91 Å². The molecule has 0 aromatic heterocycles. The third kappa shape index (κ3) is 4.12. The molecule has 1 aromatic carbocycles. The Morgan fingerprint density at radius 1 is 1.17 bits per heavy atom. The van der Waals surface area contributed by atoms with Gasteiger partial charge >= 0.3 is 0 Å². The van der Waals surface area contributed by atoms with Crippen LogP contribution in [0.4, 0.5) is 0 Å². The van der Waals surface area contributed by atoms with Crippen LogP contribution in [0.25, 0.3) is 0 Å². The minimum absolute atomic E-state index is 0.0367. The van der Waals surface area contributed by atoms with Crippen LogP contribution in [0.5, 0.6) is 0 Å². The van der Waals surface area contributed by atoms with Gasteiger partial charge in [0.15, 0.2) is 0 Å². The zero-order chi connectivity index (χ0) is 16.4. The second-order valence-corrected chi connectivity index (χ2v) is 8.71. The van der Waals surface area contributed by atoms with E-state index in [1.807, 2.05) is 4.90 Å². The number of nitrogens with one attached hydrogen (secondary N) is 1. The van der Waals surface area contributed by atoms with E-state index >= 15 is 0 Å². The van der Waals surface area contributed by atoms with Crippen molar-refractivity contribution in [1.29, 1.82) is 0 Å². The molecule has 1 aromatic rings. The number of hydrogen-bond acceptors (Lipinski definition) is 4. The van der Waals surface area contributed by atoms with E-state index in [9.17, 15) is 13.2 Å². The van der Waals surface area contributed by atoms with Crippen LogP contribution in [0, 0.1) is 0 Å². The molecule has 2 fully saturated rings. The predicted octanol–water partition coefficient (Wildman–Crippen LogP) is 1.03. The molecule has 0 unspecified atom stereocenters. The summed E-state index contributed by atoms with van der Waals surface area (Å²) >= 11 is 3.30. The summed E-state index contributed by atoms with van der Waals surface area (Å²) < 4.78 is 27.4. The van der Waals surface area contributed by atoms with E-state index in [0.29, 0.717) is 48.1 Å². The van der Waals surface area contributed by atoms with Gasteiger partial charge in [0.25, 0.3) is 0 Å². The van der Waals surface area contributed by atoms with Crippen molar-refractivity contribution in [2.45, 2.75) is 23.8 Å². The Labute approximate surface area is 145 Å². The van der Waals surface area contributed by atoms with Gasteiger partial charge in [-0.15, -0.1) is 0 Å². The molecule has 1 amide bonds. The number of rotatable bonds is 5. The van der Waals surface area contributed by atoms with E-state index in [1.165, 1.54) is 4.31 Å². The van der Waals surface area contributed by atoms with Crippen LogP contribution >= 0.6 is 15.9 Å². The highest BCUT2D eigenvalue weighted by Crippen LogP contribution is 2.25. The van der Waals surface area contributed by atoms with Crippen molar-refractivity contribution >= 4 is 31.9 Å². The van der Waals surface area contributed by atoms with E-state index in [2.05, 4.69) is 21.2 Å². The van der Waals surface area contributed by atoms with Crippen molar-refractivity contribution in [3.8, 4) is 0 Å². The zero-order valence-electron chi connectivity index (χ0n) is 12.7. The number of benzene rings is 1. The average Bonchev–Trinajstić information content (AvgIpc) is 3.32. The second kappa shape index (κ2) is 6.88. The summed E-state index contributed by atoms with van der Waals surface area (Å²) in [6.07, 6.45) is 2.15. The Hall–Kier alpha value is -0.960. The molecule has 2 aliphatic rings. The van der Waals surface area contributed by atoms with Crippen molar-refractivity contribution in [2.75, 3.05) is 32.7 Å². The minimum atomic E-state index is -3.49. The van der Waals surface area contributed by atoms with E-state index in [0.717, 1.165) is 12.8 Å². The molecule has 1 saturated heterocycles. The number of amides is 1. The molecule has 6 nitrogen and oxygen atoms in total. The Morgan fingerprint density at radius 3 is 2.43 bits per heavy atom. The summed E-state index contributed by atoms with van der Waals surface area (Å²) in [6, 6.07) is 7.20. The van der Waals surface area contributed by atoms with Crippen molar-refractivity contribution < 1.29 is 13.2 Å². The molecule has 1 N–H and O–H groups in total. The van der Waals surface area contributed by atoms with Gasteiger partial charge in [0, 0.05) is 36.7 Å². The molecule has 23 heavy (non-hydrogen) atoms. The molecule has 0 bridgehead atoms. The first-order chi connectivity index (χ1) is 11.0. The molecular formula is C15H20BrN3O3S. The summed E-state index contributed by atoms with van der Waals surface area (Å²) in [5.74, 6) is 0.0367. The molecule has 8 heteroatoms. The molecule has 1 heterocycles. The van der Waals surface area contributed by atoms with Crippen LogP contribution in [0.2, 0.25) is 0 Å². The molecule has 0 spiro atoms. The fourth-order valence-electron chi connectivity index (χ4n) is 2.63. The lowest BCUT2D eigenvalue weighted by Gasteiger charge is -2.33. The van der Waals surface area contributed by atoms with Crippen LogP contribution in [-0.2, 0) is 14.8 Å². The monoisotopic (exact) mass is 401 g/mol. The standard InChI is InChI=1S/C15H20BrN3O3S/c16-13-3-1-2-4-14(13)23(21,22)19-9-7-18(8-10-19)11-15(20)17-12-5-6-12/h1-4,12H,5-11H2,(H,17,20). The van der Waals surface area contributed by atoms with Crippen LogP contribution in [-0.4, -0.2) is 62.3 Å². The van der Waals surface area contributed by atoms with Crippen LogP contribution < -0.4 is 5.32 Å². The highest BCUT2D eigenvalue weighted by molar-refractivity contribution is 9.10. The highest BCUT2D eigenvalue weighted by Gasteiger charge is 2.31. The Morgan fingerprint density at radius 2 is 1.83 bits per heavy atom. The molecular weight excluding hydrogens is 382 g/mol. The van der Waals surface area contributed by atoms with Gasteiger partial charge in [0.1, 0.15) is 0 Å². The maximum atomic E-state index is 12.7. The molecule has 0 atom stereocenters. The van der Waals surface area contributed by atoms with Gasteiger partial charge in [-0.2, -0.15) is 4.31 Å². The average molecular weight is 402 g/mol. The molecule has 3 rings (SSSR count). The van der Waals surface area contributed by atoms with E-state index in [4.69, 9.17) is 0 Å². The largest absolute Gasteiger partial charge is 0.352 e. The lowest BCUT2D eigenvalue weighted by Crippen LogP contribution is -2.51. The Balaban J connectivity index is 1.57. The Bertz CT molecular complexity index is 683. The first kappa shape index (κ1) is 16.9. The molecule has 1 aliphatic heterocycles. The van der Waals surface area contributed by atoms with Gasteiger partial charge in [-0.1, -0.05) is 12.1 Å². The number of piperazine rings is 1. The van der Waals surface area contributed by atoms with Gasteiger partial charge in [0.05, 0.1) is 11.4 Å². The molecule has 0 radical (unpaired) electrons. The third-order valence-corrected chi connectivity index (χ3v) is 7.01. The van der Waals surface area contributed by atoms with E-state index in [1.54, 1.807) is 24.3 Å². The summed E-state index contributed by atoms with van der Waals surface area (Å²) in [4.78, 5) is 14.1. The van der Waals surface area contributed by atoms with Gasteiger partial charge in [-0.05, 0) is 40.9 Å². The van der Waals surface area contributed by atoms with E-state index < -0.39 is 10.0 Å². The van der Waals surface area contributed by atoms with Crippen LogP contribution in [0.1, 0.15) is 12.8 Å². The summed E-state index contributed by atoms with van der Waals surface area (Å²) in [6.45, 7) is 2.30. The van der Waals surface area contributed by atoms with Gasteiger partial charge in [0.2, 0.25) is 15.9 Å². The van der Waals surface area contributed by atoms with Crippen LogP contribution in [0.3, 0.4) is 0 Å². The van der Waals surface area contributed by atoms with Gasteiger partial charge < -0.3 is 5.32 Å². The number of carbonyl (C=O) groups excluding carboxylic acids is 1. The van der Waals surface area contributed by atoms with Crippen molar-refractivity contribution in [3.63, 3.8) is 0 Å². The Kier molecular flexibility index (Phi) is 5.05. The number of sulfonamides is 1. The fourth-order valence-corrected chi connectivity index (χ4v) is 5.01. The second-order valence-electron chi connectivity index (χ2n) is 5.95. The van der Waals surface area contributed by atoms with Gasteiger partial charge in [-0.3, -0.25) is 9.69 Å². The SMILES string of the molecule is O=C(CN1CCN(S(=O)(=O)c2ccccc2Br)CC1)NC1CC1. The fraction of sp³-hybridized carbons (Fsp3) is 0.533. The number of carbonyl (C=O) groups is 1. The number of halogens is 1. The van der Waals surface area contributed by atoms with Crippen LogP contribution in [0.15, 0.2) is 33.6 Å². The minimum Gasteiger partial charge on any atom is -0.352 e. The zero-order valence-corrected chi connectivity index (χ0v) is 15.1. The molecule has 126 valence electrons. The number of hydrogen-bond donors (Lipinski definition) is 1. The smallest absolute Gasteiger partial charge is 0.244 e. The first-order valence-corrected chi connectivity index (χ1v) is 9.96. The summed E-state index contributed by atoms with van der Waals surface area (Å²) in [5.41, 5.74) is 0. The summed E-state index contributed by atoms with van der Waals surface area (Å²) in [5, 5.41) is 2.96. The van der Waals surface area contributed by atoms with Crippen molar-refractivity contribution in [1.82, 2.24) is 14.5 Å². The topological polar surface area (TPSA) is 69.7 Å². The first-order valence-electron chi connectivity index (χ1n) is 7.73.